The van der Waals surface area contributed by atoms with E-state index >= 15 is 0 Å². The molecule has 1 aromatic heterocycles. The molecule has 0 saturated carbocycles. The third-order valence-corrected chi connectivity index (χ3v) is 3.14. The van der Waals surface area contributed by atoms with E-state index < -0.39 is 0 Å². The number of benzene rings is 1. The van der Waals surface area contributed by atoms with Crippen LogP contribution in [0.1, 0.15) is 33.6 Å². The summed E-state index contributed by atoms with van der Waals surface area (Å²) in [4.78, 5) is 4.20. The summed E-state index contributed by atoms with van der Waals surface area (Å²) in [6.07, 6.45) is 3.86. The summed E-state index contributed by atoms with van der Waals surface area (Å²) in [6.45, 7) is 7.37. The van der Waals surface area contributed by atoms with Gasteiger partial charge in [0.2, 0.25) is 0 Å². The average molecular weight is 288 g/mol. The van der Waals surface area contributed by atoms with Gasteiger partial charge in [0, 0.05) is 6.04 Å². The molecule has 2 aromatic rings. The van der Waals surface area contributed by atoms with Gasteiger partial charge >= 0.3 is 6.01 Å². The second kappa shape index (κ2) is 7.78. The van der Waals surface area contributed by atoms with Gasteiger partial charge in [-0.25, -0.2) is 4.68 Å². The summed E-state index contributed by atoms with van der Waals surface area (Å²) in [5, 5.41) is 7.74. The van der Waals surface area contributed by atoms with Crippen molar-refractivity contribution in [2.45, 2.75) is 45.8 Å². The van der Waals surface area contributed by atoms with Crippen molar-refractivity contribution in [3.8, 4) is 11.7 Å². The molecule has 1 aromatic carbocycles. The number of nitrogens with zero attached hydrogens (tertiary/aromatic N) is 3. The van der Waals surface area contributed by atoms with Crippen molar-refractivity contribution >= 4 is 0 Å². The first-order valence-corrected chi connectivity index (χ1v) is 7.52. The highest BCUT2D eigenvalue weighted by Crippen LogP contribution is 2.11. The van der Waals surface area contributed by atoms with Crippen LogP contribution >= 0.6 is 0 Å². The van der Waals surface area contributed by atoms with Gasteiger partial charge in [-0.2, -0.15) is 4.98 Å². The summed E-state index contributed by atoms with van der Waals surface area (Å²) in [5.41, 5.74) is 0.980. The lowest BCUT2D eigenvalue weighted by atomic mass is 10.2. The third kappa shape index (κ3) is 5.19. The van der Waals surface area contributed by atoms with Gasteiger partial charge in [0.15, 0.2) is 0 Å². The van der Waals surface area contributed by atoms with Crippen LogP contribution in [0.4, 0.5) is 0 Å². The molecule has 0 bridgehead atoms. The smallest absolute Gasteiger partial charge is 0.336 e. The van der Waals surface area contributed by atoms with Gasteiger partial charge in [-0.05, 0) is 38.4 Å². The molecule has 21 heavy (non-hydrogen) atoms. The monoisotopic (exact) mass is 288 g/mol. The zero-order valence-corrected chi connectivity index (χ0v) is 13.0. The first kappa shape index (κ1) is 15.5. The van der Waals surface area contributed by atoms with Crippen LogP contribution < -0.4 is 10.1 Å². The zero-order valence-electron chi connectivity index (χ0n) is 13.0. The van der Waals surface area contributed by atoms with Gasteiger partial charge in [0.1, 0.15) is 6.33 Å². The SMILES string of the molecule is CC(C)NCCCC(C)Oc1ncn(-c2ccccc2)n1. The maximum Gasteiger partial charge on any atom is 0.336 e. The van der Waals surface area contributed by atoms with Gasteiger partial charge < -0.3 is 10.1 Å². The molecule has 114 valence electrons. The molecule has 2 rings (SSSR count). The van der Waals surface area contributed by atoms with Crippen LogP contribution in [0.2, 0.25) is 0 Å². The van der Waals surface area contributed by atoms with E-state index in [1.54, 1.807) is 11.0 Å². The number of hydrogen-bond acceptors (Lipinski definition) is 4. The Morgan fingerprint density at radius 1 is 1.19 bits per heavy atom. The fraction of sp³-hybridized carbons (Fsp3) is 0.500. The van der Waals surface area contributed by atoms with Crippen molar-refractivity contribution < 1.29 is 4.74 Å². The molecule has 1 heterocycles. The summed E-state index contributed by atoms with van der Waals surface area (Å²) >= 11 is 0. The normalized spacial score (nSPS) is 12.6. The second-order valence-electron chi connectivity index (χ2n) is 5.49. The molecule has 5 heteroatoms. The van der Waals surface area contributed by atoms with Crippen LogP contribution in [0.15, 0.2) is 36.7 Å². The van der Waals surface area contributed by atoms with E-state index in [4.69, 9.17) is 4.74 Å². The number of rotatable bonds is 8. The molecule has 0 radical (unpaired) electrons. The maximum atomic E-state index is 5.75. The Morgan fingerprint density at radius 3 is 2.67 bits per heavy atom. The number of para-hydroxylation sites is 1. The Morgan fingerprint density at radius 2 is 1.95 bits per heavy atom. The maximum absolute atomic E-state index is 5.75. The van der Waals surface area contributed by atoms with Crippen molar-refractivity contribution in [2.75, 3.05) is 6.54 Å². The van der Waals surface area contributed by atoms with E-state index in [0.29, 0.717) is 12.1 Å². The third-order valence-electron chi connectivity index (χ3n) is 3.14. The quantitative estimate of drug-likeness (QED) is 0.759. The van der Waals surface area contributed by atoms with Gasteiger partial charge in [-0.1, -0.05) is 32.0 Å². The van der Waals surface area contributed by atoms with Gasteiger partial charge in [-0.15, -0.1) is 5.10 Å². The fourth-order valence-electron chi connectivity index (χ4n) is 2.03. The molecule has 0 aliphatic heterocycles. The highest BCUT2D eigenvalue weighted by Gasteiger charge is 2.08. The molecular formula is C16H24N4O. The lowest BCUT2D eigenvalue weighted by Crippen LogP contribution is -2.25. The summed E-state index contributed by atoms with van der Waals surface area (Å²) in [5.74, 6) is 0. The van der Waals surface area contributed by atoms with Crippen LogP contribution in [0.5, 0.6) is 6.01 Å². The fourth-order valence-corrected chi connectivity index (χ4v) is 2.03. The topological polar surface area (TPSA) is 52.0 Å². The second-order valence-corrected chi connectivity index (χ2v) is 5.49. The van der Waals surface area contributed by atoms with Crippen molar-refractivity contribution in [1.82, 2.24) is 20.1 Å². The Kier molecular flexibility index (Phi) is 5.75. The molecule has 5 nitrogen and oxygen atoms in total. The Labute approximate surface area is 126 Å². The minimum atomic E-state index is 0.116. The molecule has 1 unspecified atom stereocenters. The van der Waals surface area contributed by atoms with Gasteiger partial charge in [0.25, 0.3) is 0 Å². The zero-order chi connectivity index (χ0) is 15.1. The van der Waals surface area contributed by atoms with Crippen molar-refractivity contribution in [3.63, 3.8) is 0 Å². The Balaban J connectivity index is 1.79. The molecular weight excluding hydrogens is 264 g/mol. The molecule has 0 saturated heterocycles. The number of ether oxygens (including phenoxy) is 1. The van der Waals surface area contributed by atoms with Crippen LogP contribution in [0.3, 0.4) is 0 Å². The van der Waals surface area contributed by atoms with Crippen LogP contribution in [0.25, 0.3) is 5.69 Å². The lowest BCUT2D eigenvalue weighted by Gasteiger charge is -2.12. The molecule has 0 aliphatic rings. The summed E-state index contributed by atoms with van der Waals surface area (Å²) in [7, 11) is 0. The predicted octanol–water partition coefficient (Wildman–Crippen LogP) is 2.81. The summed E-state index contributed by atoms with van der Waals surface area (Å²) < 4.78 is 7.48. The minimum absolute atomic E-state index is 0.116. The average Bonchev–Trinajstić information content (AvgIpc) is 2.93. The molecule has 0 fully saturated rings. The minimum Gasteiger partial charge on any atom is -0.459 e. The first-order chi connectivity index (χ1) is 10.1. The number of nitrogens with one attached hydrogen (secondary N) is 1. The molecule has 0 aliphatic carbocycles. The first-order valence-electron chi connectivity index (χ1n) is 7.52. The van der Waals surface area contributed by atoms with Crippen LogP contribution in [-0.4, -0.2) is 33.5 Å². The standard InChI is InChI=1S/C16H24N4O/c1-13(2)17-11-7-8-14(3)21-16-18-12-20(19-16)15-9-5-4-6-10-15/h4-6,9-10,12-14,17H,7-8,11H2,1-3H3. The van der Waals surface area contributed by atoms with Gasteiger partial charge in [-0.3, -0.25) is 0 Å². The molecule has 0 spiro atoms. The van der Waals surface area contributed by atoms with E-state index in [9.17, 15) is 0 Å². The van der Waals surface area contributed by atoms with Crippen LogP contribution in [0, 0.1) is 0 Å². The largest absolute Gasteiger partial charge is 0.459 e. The highest BCUT2D eigenvalue weighted by molar-refractivity contribution is 5.29. The van der Waals surface area contributed by atoms with E-state index in [1.165, 1.54) is 0 Å². The Bertz CT molecular complexity index is 524. The van der Waals surface area contributed by atoms with Crippen molar-refractivity contribution in [3.05, 3.63) is 36.7 Å². The van der Waals surface area contributed by atoms with Crippen LogP contribution in [-0.2, 0) is 0 Å². The molecule has 0 amide bonds. The molecule has 1 N–H and O–H groups in total. The van der Waals surface area contributed by atoms with Crippen molar-refractivity contribution in [2.24, 2.45) is 0 Å². The lowest BCUT2D eigenvalue weighted by molar-refractivity contribution is 0.190. The van der Waals surface area contributed by atoms with E-state index in [1.807, 2.05) is 30.3 Å². The number of hydrogen-bond donors (Lipinski definition) is 1. The van der Waals surface area contributed by atoms with E-state index in [-0.39, 0.29) is 6.10 Å². The summed E-state index contributed by atoms with van der Waals surface area (Å²) in [6, 6.07) is 10.9. The van der Waals surface area contributed by atoms with Crippen molar-refractivity contribution in [1.29, 1.82) is 0 Å². The van der Waals surface area contributed by atoms with E-state index in [2.05, 4.69) is 36.2 Å². The Hall–Kier alpha value is -1.88. The number of aromatic nitrogens is 3. The predicted molar refractivity (Wildman–Crippen MR) is 83.8 cm³/mol. The van der Waals surface area contributed by atoms with E-state index in [0.717, 1.165) is 25.1 Å². The molecule has 1 atom stereocenters. The highest BCUT2D eigenvalue weighted by atomic mass is 16.5. The van der Waals surface area contributed by atoms with Gasteiger partial charge in [0.05, 0.1) is 11.8 Å².